The minimum Gasteiger partial charge on any atom is -0.369 e. The second-order valence-electron chi connectivity index (χ2n) is 5.88. The number of H-pyrrole nitrogens is 1. The highest BCUT2D eigenvalue weighted by Crippen LogP contribution is 2.34. The number of fused-ring (bicyclic) bond motifs is 3. The van der Waals surface area contributed by atoms with Crippen LogP contribution in [0, 0.1) is 0 Å². The molecular formula is C17H13ClN4O2. The van der Waals surface area contributed by atoms with Gasteiger partial charge in [0.15, 0.2) is 11.4 Å². The van der Waals surface area contributed by atoms with Crippen molar-refractivity contribution in [1.82, 2.24) is 15.0 Å². The van der Waals surface area contributed by atoms with E-state index in [2.05, 4.69) is 15.0 Å². The van der Waals surface area contributed by atoms with E-state index in [1.807, 2.05) is 12.1 Å². The van der Waals surface area contributed by atoms with Crippen LogP contribution in [-0.4, -0.2) is 20.7 Å². The Balaban J connectivity index is 1.89. The Morgan fingerprint density at radius 1 is 1.17 bits per heavy atom. The van der Waals surface area contributed by atoms with Gasteiger partial charge in [0.2, 0.25) is 5.95 Å². The van der Waals surface area contributed by atoms with Gasteiger partial charge in [-0.2, -0.15) is 4.98 Å². The van der Waals surface area contributed by atoms with Gasteiger partial charge in [0.1, 0.15) is 0 Å². The molecule has 0 saturated carbocycles. The lowest BCUT2D eigenvalue weighted by molar-refractivity contribution is 0.0964. The summed E-state index contributed by atoms with van der Waals surface area (Å²) in [6, 6.07) is 7.43. The lowest BCUT2D eigenvalue weighted by Gasteiger charge is -2.24. The normalized spacial score (nSPS) is 17.0. The lowest BCUT2D eigenvalue weighted by Crippen LogP contribution is -2.23. The Labute approximate surface area is 141 Å². The summed E-state index contributed by atoms with van der Waals surface area (Å²) in [5.74, 6) is -0.0250. The zero-order valence-electron chi connectivity index (χ0n) is 12.5. The number of carbonyl (C=O) groups excluding carboxylic acids is 1. The predicted octanol–water partition coefficient (Wildman–Crippen LogP) is 2.47. The fourth-order valence-electron chi connectivity index (χ4n) is 3.26. The highest BCUT2D eigenvalue weighted by atomic mass is 35.5. The molecule has 0 fully saturated rings. The number of ketones is 1. The Morgan fingerprint density at radius 2 is 1.92 bits per heavy atom. The van der Waals surface area contributed by atoms with Gasteiger partial charge in [-0.15, -0.1) is 0 Å². The average Bonchev–Trinajstić information content (AvgIpc) is 2.54. The molecule has 2 aromatic heterocycles. The number of aromatic nitrogens is 3. The van der Waals surface area contributed by atoms with Crippen LogP contribution in [0.15, 0.2) is 35.3 Å². The smallest absolute Gasteiger partial charge is 0.262 e. The van der Waals surface area contributed by atoms with Gasteiger partial charge in [-0.1, -0.05) is 23.7 Å². The van der Waals surface area contributed by atoms with E-state index in [4.69, 9.17) is 17.3 Å². The van der Waals surface area contributed by atoms with Crippen LogP contribution in [0.5, 0.6) is 0 Å². The Kier molecular flexibility index (Phi) is 3.35. The molecule has 1 aromatic carbocycles. The summed E-state index contributed by atoms with van der Waals surface area (Å²) in [5.41, 5.74) is 7.66. The van der Waals surface area contributed by atoms with E-state index >= 15 is 0 Å². The van der Waals surface area contributed by atoms with Gasteiger partial charge in [0, 0.05) is 23.2 Å². The van der Waals surface area contributed by atoms with Crippen molar-refractivity contribution in [3.05, 3.63) is 62.5 Å². The van der Waals surface area contributed by atoms with Crippen LogP contribution < -0.4 is 11.3 Å². The number of hydrogen-bond acceptors (Lipinski definition) is 5. The van der Waals surface area contributed by atoms with Gasteiger partial charge in [0.05, 0.1) is 5.39 Å². The molecule has 0 spiro atoms. The summed E-state index contributed by atoms with van der Waals surface area (Å²) < 4.78 is 0. The third kappa shape index (κ3) is 2.35. The molecular weight excluding hydrogens is 328 g/mol. The molecule has 0 amide bonds. The summed E-state index contributed by atoms with van der Waals surface area (Å²) in [6.07, 6.45) is 2.43. The molecule has 24 heavy (non-hydrogen) atoms. The molecule has 0 radical (unpaired) electrons. The van der Waals surface area contributed by atoms with Crippen molar-refractivity contribution in [3.8, 4) is 0 Å². The highest BCUT2D eigenvalue weighted by Gasteiger charge is 2.29. The van der Waals surface area contributed by atoms with Crippen LogP contribution in [0.3, 0.4) is 0 Å². The minimum absolute atomic E-state index is 0.00943. The number of nitrogen functional groups attached to an aromatic ring is 1. The van der Waals surface area contributed by atoms with Crippen molar-refractivity contribution < 1.29 is 4.79 Å². The van der Waals surface area contributed by atoms with E-state index in [0.29, 0.717) is 34.4 Å². The molecule has 7 heteroatoms. The van der Waals surface area contributed by atoms with E-state index < -0.39 is 0 Å². The molecule has 1 aliphatic rings. The highest BCUT2D eigenvalue weighted by molar-refractivity contribution is 6.30. The summed E-state index contributed by atoms with van der Waals surface area (Å²) in [5, 5.41) is 0.987. The molecule has 0 aliphatic heterocycles. The minimum atomic E-state index is -0.369. The Bertz CT molecular complexity index is 1030. The first-order valence-corrected chi connectivity index (χ1v) is 7.87. The molecule has 6 nitrogen and oxygen atoms in total. The molecule has 120 valence electrons. The first-order valence-electron chi connectivity index (χ1n) is 7.49. The number of aromatic amines is 1. The molecule has 3 N–H and O–H groups in total. The van der Waals surface area contributed by atoms with Crippen LogP contribution in [-0.2, 0) is 6.42 Å². The maximum Gasteiger partial charge on any atom is 0.262 e. The predicted molar refractivity (Wildman–Crippen MR) is 91.4 cm³/mol. The molecule has 4 rings (SSSR count). The second-order valence-corrected chi connectivity index (χ2v) is 6.32. The zero-order chi connectivity index (χ0) is 16.8. The maximum atomic E-state index is 12.5. The number of carbonyl (C=O) groups is 1. The fourth-order valence-corrected chi connectivity index (χ4v) is 3.38. The topological polar surface area (TPSA) is 102 Å². The van der Waals surface area contributed by atoms with Crippen molar-refractivity contribution >= 4 is 34.4 Å². The summed E-state index contributed by atoms with van der Waals surface area (Å²) in [4.78, 5) is 35.5. The van der Waals surface area contributed by atoms with Gasteiger partial charge in [-0.3, -0.25) is 14.6 Å². The van der Waals surface area contributed by atoms with E-state index in [0.717, 1.165) is 5.56 Å². The molecule has 0 bridgehead atoms. The lowest BCUT2D eigenvalue weighted by atomic mass is 9.79. The van der Waals surface area contributed by atoms with Crippen molar-refractivity contribution in [2.75, 3.05) is 5.73 Å². The Hall–Kier alpha value is -2.73. The number of Topliss-reactive ketones (excluding diaryl/α,β-unsaturated/α-hetero) is 1. The van der Waals surface area contributed by atoms with E-state index in [1.165, 1.54) is 6.20 Å². The first-order chi connectivity index (χ1) is 11.5. The van der Waals surface area contributed by atoms with Crippen molar-refractivity contribution in [1.29, 1.82) is 0 Å². The van der Waals surface area contributed by atoms with Gasteiger partial charge in [-0.25, -0.2) is 4.98 Å². The molecule has 3 aromatic rings. The SMILES string of the molecule is Nc1nc2ncc3c(c2c(=O)[nH]1)C[C@H](c1ccc(Cl)cc1)CC3=O. The Morgan fingerprint density at radius 3 is 2.67 bits per heavy atom. The van der Waals surface area contributed by atoms with Crippen molar-refractivity contribution in [3.63, 3.8) is 0 Å². The van der Waals surface area contributed by atoms with E-state index in [9.17, 15) is 9.59 Å². The van der Waals surface area contributed by atoms with Gasteiger partial charge < -0.3 is 5.73 Å². The van der Waals surface area contributed by atoms with E-state index in [1.54, 1.807) is 12.1 Å². The molecule has 0 saturated heterocycles. The summed E-state index contributed by atoms with van der Waals surface area (Å²) in [6.45, 7) is 0. The molecule has 1 aliphatic carbocycles. The van der Waals surface area contributed by atoms with Crippen molar-refractivity contribution in [2.45, 2.75) is 18.8 Å². The number of anilines is 1. The number of halogens is 1. The number of rotatable bonds is 1. The number of nitrogens with two attached hydrogens (primary N) is 1. The van der Waals surface area contributed by atoms with Crippen LogP contribution in [0.2, 0.25) is 5.02 Å². The van der Waals surface area contributed by atoms with Crippen LogP contribution >= 0.6 is 11.6 Å². The fraction of sp³-hybridized carbons (Fsp3) is 0.176. The largest absolute Gasteiger partial charge is 0.369 e. The maximum absolute atomic E-state index is 12.5. The van der Waals surface area contributed by atoms with E-state index in [-0.39, 0.29) is 28.9 Å². The molecule has 1 atom stereocenters. The zero-order valence-corrected chi connectivity index (χ0v) is 13.3. The number of nitrogens with one attached hydrogen (secondary N) is 1. The number of hydrogen-bond donors (Lipinski definition) is 2. The van der Waals surface area contributed by atoms with Crippen LogP contribution in [0.4, 0.5) is 5.95 Å². The first kappa shape index (κ1) is 14.8. The summed E-state index contributed by atoms with van der Waals surface area (Å²) >= 11 is 5.93. The third-order valence-corrected chi connectivity index (χ3v) is 4.64. The van der Waals surface area contributed by atoms with Gasteiger partial charge in [0.25, 0.3) is 5.56 Å². The quantitative estimate of drug-likeness (QED) is 0.708. The van der Waals surface area contributed by atoms with Crippen LogP contribution in [0.25, 0.3) is 11.0 Å². The third-order valence-electron chi connectivity index (χ3n) is 4.39. The number of nitrogens with zero attached hydrogens (tertiary/aromatic N) is 2. The monoisotopic (exact) mass is 340 g/mol. The summed E-state index contributed by atoms with van der Waals surface area (Å²) in [7, 11) is 0. The van der Waals surface area contributed by atoms with Gasteiger partial charge >= 0.3 is 0 Å². The number of pyridine rings is 1. The number of benzene rings is 1. The van der Waals surface area contributed by atoms with Crippen LogP contribution in [0.1, 0.15) is 33.8 Å². The molecule has 2 heterocycles. The second kappa shape index (κ2) is 5.42. The molecule has 0 unspecified atom stereocenters. The van der Waals surface area contributed by atoms with Crippen molar-refractivity contribution in [2.24, 2.45) is 0 Å². The average molecular weight is 341 g/mol. The standard InChI is InChI=1S/C17H13ClN4O2/c18-10-3-1-8(2-4-10)9-5-11-12(13(23)6-9)7-20-15-14(11)16(24)22-17(19)21-15/h1-4,7,9H,5-6H2,(H3,19,20,21,22,24)/t9-/m0/s1. The van der Waals surface area contributed by atoms with Gasteiger partial charge in [-0.05, 0) is 35.6 Å².